The highest BCUT2D eigenvalue weighted by Gasteiger charge is 2.30. The lowest BCUT2D eigenvalue weighted by Gasteiger charge is -2.39. The van der Waals surface area contributed by atoms with Crippen LogP contribution in [0.4, 0.5) is 0 Å². The van der Waals surface area contributed by atoms with Crippen molar-refractivity contribution in [1.29, 1.82) is 0 Å². The third-order valence-electron chi connectivity index (χ3n) is 4.55. The first-order valence-electron chi connectivity index (χ1n) is 8.26. The van der Waals surface area contributed by atoms with Gasteiger partial charge in [-0.3, -0.25) is 14.7 Å². The number of amides is 1. The Morgan fingerprint density at radius 2 is 1.82 bits per heavy atom. The van der Waals surface area contributed by atoms with Gasteiger partial charge in [-0.05, 0) is 19.8 Å². The Morgan fingerprint density at radius 1 is 1.18 bits per heavy atom. The van der Waals surface area contributed by atoms with Crippen molar-refractivity contribution >= 4 is 11.9 Å². The molecule has 6 heteroatoms. The number of carbonyl (C=O) groups excluding carboxylic acids is 1. The van der Waals surface area contributed by atoms with Gasteiger partial charge in [-0.25, -0.2) is 0 Å². The van der Waals surface area contributed by atoms with Crippen LogP contribution in [-0.2, 0) is 4.79 Å². The molecule has 2 aliphatic rings. The van der Waals surface area contributed by atoms with Gasteiger partial charge in [-0.1, -0.05) is 6.08 Å². The highest BCUT2D eigenvalue weighted by molar-refractivity contribution is 5.82. The Morgan fingerprint density at radius 3 is 2.36 bits per heavy atom. The first-order valence-corrected chi connectivity index (χ1v) is 8.26. The van der Waals surface area contributed by atoms with E-state index in [1.807, 2.05) is 17.9 Å². The third-order valence-corrected chi connectivity index (χ3v) is 4.55. The molecule has 22 heavy (non-hydrogen) atoms. The van der Waals surface area contributed by atoms with Crippen LogP contribution in [0, 0.1) is 0 Å². The molecule has 0 saturated carbocycles. The van der Waals surface area contributed by atoms with Gasteiger partial charge in [0, 0.05) is 52.9 Å². The van der Waals surface area contributed by atoms with Gasteiger partial charge >= 0.3 is 0 Å². The highest BCUT2D eigenvalue weighted by atomic mass is 16.2. The summed E-state index contributed by atoms with van der Waals surface area (Å²) in [6, 6.07) is -0.0107. The normalized spacial score (nSPS) is 21.8. The van der Waals surface area contributed by atoms with E-state index in [1.54, 1.807) is 7.05 Å². The first kappa shape index (κ1) is 16.8. The van der Waals surface area contributed by atoms with Crippen molar-refractivity contribution in [3.63, 3.8) is 0 Å². The molecule has 2 fully saturated rings. The van der Waals surface area contributed by atoms with Gasteiger partial charge in [0.15, 0.2) is 5.96 Å². The second-order valence-electron chi connectivity index (χ2n) is 5.95. The first-order chi connectivity index (χ1) is 10.7. The molecule has 0 aromatic rings. The zero-order chi connectivity index (χ0) is 15.9. The Kier molecular flexibility index (Phi) is 6.24. The Labute approximate surface area is 133 Å². The number of carbonyl (C=O) groups is 1. The SMILES string of the molecule is C=CCNC(=NC)N1CCN(C(C)C(=O)N2CCCC2)CC1. The van der Waals surface area contributed by atoms with Gasteiger partial charge in [-0.15, -0.1) is 6.58 Å². The van der Waals surface area contributed by atoms with Crippen LogP contribution in [0.2, 0.25) is 0 Å². The number of hydrogen-bond donors (Lipinski definition) is 1. The van der Waals surface area contributed by atoms with E-state index in [9.17, 15) is 4.79 Å². The lowest BCUT2D eigenvalue weighted by molar-refractivity contribution is -0.135. The molecule has 124 valence electrons. The molecule has 2 rings (SSSR count). The van der Waals surface area contributed by atoms with Gasteiger partial charge in [0.1, 0.15) is 0 Å². The monoisotopic (exact) mass is 307 g/mol. The molecule has 2 saturated heterocycles. The molecule has 6 nitrogen and oxygen atoms in total. The molecular weight excluding hydrogens is 278 g/mol. The standard InChI is InChI=1S/C16H29N5O/c1-4-7-18-16(17-3)21-12-10-19(11-13-21)14(2)15(22)20-8-5-6-9-20/h4,14H,1,5-13H2,2-3H3,(H,17,18). The number of rotatable bonds is 4. The van der Waals surface area contributed by atoms with Gasteiger partial charge in [0.05, 0.1) is 6.04 Å². The number of nitrogens with zero attached hydrogens (tertiary/aromatic N) is 4. The van der Waals surface area contributed by atoms with E-state index < -0.39 is 0 Å². The van der Waals surface area contributed by atoms with Crippen LogP contribution in [0.5, 0.6) is 0 Å². The fourth-order valence-corrected chi connectivity index (χ4v) is 3.17. The molecule has 1 atom stereocenters. The van der Waals surface area contributed by atoms with Crippen molar-refractivity contribution < 1.29 is 4.79 Å². The Balaban J connectivity index is 1.83. The minimum absolute atomic E-state index is 0.0107. The maximum atomic E-state index is 12.5. The number of aliphatic imine (C=N–C) groups is 1. The summed E-state index contributed by atoms with van der Waals surface area (Å²) in [5.74, 6) is 1.21. The fraction of sp³-hybridized carbons (Fsp3) is 0.750. The highest BCUT2D eigenvalue weighted by Crippen LogP contribution is 2.13. The maximum Gasteiger partial charge on any atom is 0.239 e. The third kappa shape index (κ3) is 4.00. The summed E-state index contributed by atoms with van der Waals surface area (Å²) in [7, 11) is 1.80. The van der Waals surface area contributed by atoms with Gasteiger partial charge < -0.3 is 15.1 Å². The summed E-state index contributed by atoms with van der Waals surface area (Å²) in [6.07, 6.45) is 4.13. The predicted octanol–water partition coefficient (Wildman–Crippen LogP) is 0.376. The number of hydrogen-bond acceptors (Lipinski definition) is 3. The van der Waals surface area contributed by atoms with Crippen molar-refractivity contribution in [2.45, 2.75) is 25.8 Å². The zero-order valence-corrected chi connectivity index (χ0v) is 13.9. The van der Waals surface area contributed by atoms with Crippen molar-refractivity contribution in [2.75, 3.05) is 52.9 Å². The van der Waals surface area contributed by atoms with Crippen LogP contribution in [0.3, 0.4) is 0 Å². The number of likely N-dealkylation sites (tertiary alicyclic amines) is 1. The van der Waals surface area contributed by atoms with E-state index in [2.05, 4.69) is 26.7 Å². The van der Waals surface area contributed by atoms with E-state index >= 15 is 0 Å². The summed E-state index contributed by atoms with van der Waals surface area (Å²) in [5.41, 5.74) is 0. The molecule has 2 heterocycles. The molecule has 0 aliphatic carbocycles. The van der Waals surface area contributed by atoms with Crippen LogP contribution < -0.4 is 5.32 Å². The number of nitrogens with one attached hydrogen (secondary N) is 1. The zero-order valence-electron chi connectivity index (χ0n) is 13.9. The van der Waals surface area contributed by atoms with Crippen molar-refractivity contribution in [3.05, 3.63) is 12.7 Å². The van der Waals surface area contributed by atoms with E-state index in [0.717, 1.165) is 64.6 Å². The Bertz CT molecular complexity index is 409. The van der Waals surface area contributed by atoms with E-state index in [-0.39, 0.29) is 6.04 Å². The Hall–Kier alpha value is -1.56. The fourth-order valence-electron chi connectivity index (χ4n) is 3.17. The van der Waals surface area contributed by atoms with E-state index in [4.69, 9.17) is 0 Å². The second-order valence-corrected chi connectivity index (χ2v) is 5.95. The lowest BCUT2D eigenvalue weighted by Crippen LogP contribution is -2.57. The van der Waals surface area contributed by atoms with Crippen LogP contribution in [-0.4, -0.2) is 85.5 Å². The minimum Gasteiger partial charge on any atom is -0.353 e. The van der Waals surface area contributed by atoms with E-state index in [1.165, 1.54) is 0 Å². The molecule has 0 aromatic heterocycles. The predicted molar refractivity (Wildman–Crippen MR) is 90.0 cm³/mol. The molecule has 2 aliphatic heterocycles. The van der Waals surface area contributed by atoms with Crippen LogP contribution in [0.15, 0.2) is 17.6 Å². The summed E-state index contributed by atoms with van der Waals surface area (Å²) in [5, 5.41) is 3.26. The van der Waals surface area contributed by atoms with Gasteiger partial charge in [0.25, 0.3) is 0 Å². The molecule has 0 aromatic carbocycles. The van der Waals surface area contributed by atoms with Crippen LogP contribution in [0.25, 0.3) is 0 Å². The number of piperazine rings is 1. The molecule has 1 N–H and O–H groups in total. The summed E-state index contributed by atoms with van der Waals surface area (Å²) >= 11 is 0. The molecule has 1 unspecified atom stereocenters. The lowest BCUT2D eigenvalue weighted by atomic mass is 10.2. The van der Waals surface area contributed by atoms with Gasteiger partial charge in [0.2, 0.25) is 5.91 Å². The molecular formula is C16H29N5O. The summed E-state index contributed by atoms with van der Waals surface area (Å²) in [6.45, 7) is 11.9. The van der Waals surface area contributed by atoms with Crippen molar-refractivity contribution in [3.8, 4) is 0 Å². The smallest absolute Gasteiger partial charge is 0.239 e. The molecule has 0 bridgehead atoms. The molecule has 0 spiro atoms. The van der Waals surface area contributed by atoms with Gasteiger partial charge in [-0.2, -0.15) is 0 Å². The topological polar surface area (TPSA) is 51.2 Å². The summed E-state index contributed by atoms with van der Waals surface area (Å²) in [4.78, 5) is 23.3. The quantitative estimate of drug-likeness (QED) is 0.463. The maximum absolute atomic E-state index is 12.5. The average Bonchev–Trinajstić information content (AvgIpc) is 3.09. The average molecular weight is 307 g/mol. The largest absolute Gasteiger partial charge is 0.353 e. The van der Waals surface area contributed by atoms with Crippen molar-refractivity contribution in [2.24, 2.45) is 4.99 Å². The molecule has 1 amide bonds. The minimum atomic E-state index is -0.0107. The van der Waals surface area contributed by atoms with Crippen LogP contribution >= 0.6 is 0 Å². The summed E-state index contributed by atoms with van der Waals surface area (Å²) < 4.78 is 0. The number of guanidine groups is 1. The van der Waals surface area contributed by atoms with E-state index in [0.29, 0.717) is 5.91 Å². The van der Waals surface area contributed by atoms with Crippen molar-refractivity contribution in [1.82, 2.24) is 20.0 Å². The van der Waals surface area contributed by atoms with Crippen LogP contribution in [0.1, 0.15) is 19.8 Å². The molecule has 0 radical (unpaired) electrons. The second kappa shape index (κ2) is 8.17.